The molecule has 2 aromatic carbocycles. The topological polar surface area (TPSA) is 59.1 Å². The lowest BCUT2D eigenvalue weighted by molar-refractivity contribution is 0.481. The van der Waals surface area contributed by atoms with Gasteiger partial charge in [-0.1, -0.05) is 29.3 Å². The summed E-state index contributed by atoms with van der Waals surface area (Å²) in [5, 5.41) is 8.53. The lowest BCUT2D eigenvalue weighted by Crippen LogP contribution is -2.13. The number of hydrogen-bond donors (Lipinski definition) is 2. The van der Waals surface area contributed by atoms with Gasteiger partial charge in [0, 0.05) is 14.5 Å². The highest BCUT2D eigenvalue weighted by atomic mass is 79.9. The quantitative estimate of drug-likeness (QED) is 0.608. The predicted molar refractivity (Wildman–Crippen MR) is 81.7 cm³/mol. The van der Waals surface area contributed by atoms with E-state index < -0.39 is 0 Å². The van der Waals surface area contributed by atoms with Crippen molar-refractivity contribution in [2.24, 2.45) is 5.73 Å². The van der Waals surface area contributed by atoms with Gasteiger partial charge in [0.1, 0.15) is 17.3 Å². The normalized spacial score (nSPS) is 10.3. The van der Waals surface area contributed by atoms with Crippen LogP contribution >= 0.6 is 39.1 Å². The Balaban J connectivity index is 2.43. The van der Waals surface area contributed by atoms with Crippen LogP contribution in [0.4, 0.5) is 0 Å². The summed E-state index contributed by atoms with van der Waals surface area (Å²) in [4.78, 5) is 0. The smallest absolute Gasteiger partial charge is 0.139 e. The molecule has 0 fully saturated rings. The number of nitrogens with one attached hydrogen (secondary N) is 1. The standard InChI is InChI=1S/C13H9BrCl2N2O/c14-10-2-1-3-11(12(10)13(17)18)19-9-5-7(15)4-8(16)6-9/h1-6H,(H3,17,18). The number of benzene rings is 2. The van der Waals surface area contributed by atoms with Gasteiger partial charge in [-0.2, -0.15) is 0 Å². The Kier molecular flexibility index (Phi) is 4.34. The summed E-state index contributed by atoms with van der Waals surface area (Å²) in [6.07, 6.45) is 0. The number of nitrogen functional groups attached to an aromatic ring is 1. The zero-order valence-corrected chi connectivity index (χ0v) is 12.7. The summed E-state index contributed by atoms with van der Waals surface area (Å²) in [5.74, 6) is 0.855. The van der Waals surface area contributed by atoms with Crippen LogP contribution in [0.2, 0.25) is 10.0 Å². The first-order valence-corrected chi connectivity index (χ1v) is 6.79. The SMILES string of the molecule is N=C(N)c1c(Br)cccc1Oc1cc(Cl)cc(Cl)c1. The van der Waals surface area contributed by atoms with E-state index in [1.54, 1.807) is 36.4 Å². The lowest BCUT2D eigenvalue weighted by atomic mass is 10.2. The third kappa shape index (κ3) is 3.41. The van der Waals surface area contributed by atoms with Gasteiger partial charge in [0.25, 0.3) is 0 Å². The highest BCUT2D eigenvalue weighted by Crippen LogP contribution is 2.32. The van der Waals surface area contributed by atoms with Crippen LogP contribution in [0.15, 0.2) is 40.9 Å². The Morgan fingerprint density at radius 2 is 1.79 bits per heavy atom. The maximum absolute atomic E-state index is 7.58. The molecule has 19 heavy (non-hydrogen) atoms. The number of nitrogens with two attached hydrogens (primary N) is 1. The van der Waals surface area contributed by atoms with E-state index in [0.717, 1.165) is 0 Å². The van der Waals surface area contributed by atoms with Crippen molar-refractivity contribution in [3.8, 4) is 11.5 Å². The zero-order chi connectivity index (χ0) is 14.0. The fraction of sp³-hybridized carbons (Fsp3) is 0. The highest BCUT2D eigenvalue weighted by Gasteiger charge is 2.12. The fourth-order valence-corrected chi connectivity index (χ4v) is 2.63. The second-order valence-corrected chi connectivity index (χ2v) is 5.46. The number of hydrogen-bond acceptors (Lipinski definition) is 2. The molecular formula is C13H9BrCl2N2O. The number of rotatable bonds is 3. The minimum atomic E-state index is -0.0874. The first kappa shape index (κ1) is 14.2. The highest BCUT2D eigenvalue weighted by molar-refractivity contribution is 9.10. The molecule has 0 spiro atoms. The number of ether oxygens (including phenoxy) is 1. The van der Waals surface area contributed by atoms with Crippen LogP contribution in [-0.4, -0.2) is 5.84 Å². The average Bonchev–Trinajstić information content (AvgIpc) is 2.26. The van der Waals surface area contributed by atoms with Crippen molar-refractivity contribution in [2.75, 3.05) is 0 Å². The van der Waals surface area contributed by atoms with E-state index in [4.69, 9.17) is 39.1 Å². The molecule has 0 atom stereocenters. The van der Waals surface area contributed by atoms with Gasteiger partial charge in [0.15, 0.2) is 0 Å². The maximum atomic E-state index is 7.58. The Hall–Kier alpha value is -1.23. The lowest BCUT2D eigenvalue weighted by Gasteiger charge is -2.12. The second kappa shape index (κ2) is 5.82. The first-order chi connectivity index (χ1) is 8.97. The summed E-state index contributed by atoms with van der Waals surface area (Å²) in [5.41, 5.74) is 6.03. The minimum Gasteiger partial charge on any atom is -0.456 e. The van der Waals surface area contributed by atoms with E-state index >= 15 is 0 Å². The Bertz CT molecular complexity index is 626. The molecule has 3 N–H and O–H groups in total. The third-order valence-corrected chi connectivity index (χ3v) is 3.41. The maximum Gasteiger partial charge on any atom is 0.139 e. The van der Waals surface area contributed by atoms with Gasteiger partial charge < -0.3 is 10.5 Å². The summed E-state index contributed by atoms with van der Waals surface area (Å²) in [6, 6.07) is 10.2. The van der Waals surface area contributed by atoms with Gasteiger partial charge in [-0.15, -0.1) is 0 Å². The van der Waals surface area contributed by atoms with Gasteiger partial charge in [-0.05, 0) is 46.3 Å². The molecule has 6 heteroatoms. The molecule has 2 rings (SSSR count). The molecule has 0 aromatic heterocycles. The molecule has 3 nitrogen and oxygen atoms in total. The molecule has 0 aliphatic heterocycles. The summed E-state index contributed by atoms with van der Waals surface area (Å²) < 4.78 is 6.38. The molecule has 0 unspecified atom stereocenters. The minimum absolute atomic E-state index is 0.0874. The number of amidine groups is 1. The van der Waals surface area contributed by atoms with Crippen molar-refractivity contribution >= 4 is 45.0 Å². The average molecular weight is 360 g/mol. The van der Waals surface area contributed by atoms with Crippen molar-refractivity contribution in [3.05, 3.63) is 56.5 Å². The van der Waals surface area contributed by atoms with Crippen molar-refractivity contribution in [1.29, 1.82) is 5.41 Å². The van der Waals surface area contributed by atoms with Crippen molar-refractivity contribution in [1.82, 2.24) is 0 Å². The van der Waals surface area contributed by atoms with Gasteiger partial charge in [0.2, 0.25) is 0 Å². The molecule has 0 saturated carbocycles. The number of halogens is 3. The molecule has 2 aromatic rings. The van der Waals surface area contributed by atoms with E-state index in [1.807, 2.05) is 0 Å². The van der Waals surface area contributed by atoms with Gasteiger partial charge in [-0.25, -0.2) is 0 Å². The van der Waals surface area contributed by atoms with E-state index in [2.05, 4.69) is 15.9 Å². The van der Waals surface area contributed by atoms with Crippen LogP contribution in [0.5, 0.6) is 11.5 Å². The van der Waals surface area contributed by atoms with E-state index in [-0.39, 0.29) is 5.84 Å². The molecule has 0 aliphatic carbocycles. The molecular weight excluding hydrogens is 351 g/mol. The van der Waals surface area contributed by atoms with Gasteiger partial charge in [0.05, 0.1) is 5.56 Å². The molecule has 98 valence electrons. The van der Waals surface area contributed by atoms with Crippen molar-refractivity contribution < 1.29 is 4.74 Å². The second-order valence-electron chi connectivity index (χ2n) is 3.73. The van der Waals surface area contributed by atoms with E-state index in [0.29, 0.717) is 31.6 Å². The summed E-state index contributed by atoms with van der Waals surface area (Å²) in [6.45, 7) is 0. The van der Waals surface area contributed by atoms with Crippen LogP contribution in [0.3, 0.4) is 0 Å². The molecule has 0 radical (unpaired) electrons. The van der Waals surface area contributed by atoms with Crippen molar-refractivity contribution in [3.63, 3.8) is 0 Å². The zero-order valence-electron chi connectivity index (χ0n) is 9.58. The van der Waals surface area contributed by atoms with Crippen LogP contribution < -0.4 is 10.5 Å². The van der Waals surface area contributed by atoms with Crippen LogP contribution in [-0.2, 0) is 0 Å². The predicted octanol–water partition coefficient (Wildman–Crippen LogP) is 4.83. The molecule has 0 heterocycles. The molecule has 0 aliphatic rings. The summed E-state index contributed by atoms with van der Waals surface area (Å²) in [7, 11) is 0. The molecule has 0 bridgehead atoms. The van der Waals surface area contributed by atoms with Crippen LogP contribution in [0, 0.1) is 5.41 Å². The van der Waals surface area contributed by atoms with Crippen LogP contribution in [0.25, 0.3) is 0 Å². The summed E-state index contributed by atoms with van der Waals surface area (Å²) >= 11 is 15.2. The van der Waals surface area contributed by atoms with Gasteiger partial charge >= 0.3 is 0 Å². The van der Waals surface area contributed by atoms with Crippen molar-refractivity contribution in [2.45, 2.75) is 0 Å². The third-order valence-electron chi connectivity index (χ3n) is 2.31. The fourth-order valence-electron chi connectivity index (χ4n) is 1.57. The van der Waals surface area contributed by atoms with E-state index in [9.17, 15) is 0 Å². The van der Waals surface area contributed by atoms with Crippen LogP contribution in [0.1, 0.15) is 5.56 Å². The molecule has 0 amide bonds. The Morgan fingerprint density at radius 3 is 2.37 bits per heavy atom. The Labute approximate surface area is 128 Å². The largest absolute Gasteiger partial charge is 0.456 e. The molecule has 0 saturated heterocycles. The van der Waals surface area contributed by atoms with Gasteiger partial charge in [-0.3, -0.25) is 5.41 Å². The Morgan fingerprint density at radius 1 is 1.16 bits per heavy atom. The first-order valence-electron chi connectivity index (χ1n) is 5.24. The monoisotopic (exact) mass is 358 g/mol. The van der Waals surface area contributed by atoms with E-state index in [1.165, 1.54) is 0 Å².